The lowest BCUT2D eigenvalue weighted by atomic mass is 10.2. The largest absolute Gasteiger partial charge is 0.396 e. The quantitative estimate of drug-likeness (QED) is 0.597. The number of aliphatic hydroxyl groups excluding tert-OH is 1. The van der Waals surface area contributed by atoms with Crippen molar-refractivity contribution in [3.05, 3.63) is 45.2 Å². The van der Waals surface area contributed by atoms with Crippen molar-refractivity contribution in [1.82, 2.24) is 15.0 Å². The van der Waals surface area contributed by atoms with Crippen LogP contribution >= 0.6 is 11.6 Å². The Morgan fingerprint density at radius 2 is 2.29 bits per heavy atom. The van der Waals surface area contributed by atoms with Gasteiger partial charge in [-0.15, -0.1) is 5.10 Å². The lowest BCUT2D eigenvalue weighted by Gasteiger charge is -2.05. The Balaban J connectivity index is 2.04. The Hall–Kier alpha value is -2.19. The van der Waals surface area contributed by atoms with Crippen LogP contribution in [0.25, 0.3) is 0 Å². The van der Waals surface area contributed by atoms with E-state index in [2.05, 4.69) is 15.6 Å². The summed E-state index contributed by atoms with van der Waals surface area (Å²) in [7, 11) is 0. The SMILES string of the molecule is O=[N+]([O-])c1ccc(Cl)cc1NCc1cn(CCCO)nn1. The number of nitro groups is 1. The molecule has 0 aliphatic rings. The second-order valence-corrected chi connectivity index (χ2v) is 4.76. The van der Waals surface area contributed by atoms with Crippen LogP contribution in [0.3, 0.4) is 0 Å². The summed E-state index contributed by atoms with van der Waals surface area (Å²) >= 11 is 5.85. The van der Waals surface area contributed by atoms with E-state index >= 15 is 0 Å². The first-order chi connectivity index (χ1) is 10.1. The molecule has 0 atom stereocenters. The summed E-state index contributed by atoms with van der Waals surface area (Å²) in [4.78, 5) is 10.5. The highest BCUT2D eigenvalue weighted by Gasteiger charge is 2.14. The number of nitro benzene ring substituents is 1. The third-order valence-electron chi connectivity index (χ3n) is 2.75. The van der Waals surface area contributed by atoms with Crippen LogP contribution in [0.4, 0.5) is 11.4 Å². The van der Waals surface area contributed by atoms with Crippen molar-refractivity contribution in [2.45, 2.75) is 19.5 Å². The maximum atomic E-state index is 10.9. The third kappa shape index (κ3) is 4.14. The highest BCUT2D eigenvalue weighted by molar-refractivity contribution is 6.31. The first-order valence-electron chi connectivity index (χ1n) is 6.28. The fourth-order valence-corrected chi connectivity index (χ4v) is 1.93. The van der Waals surface area contributed by atoms with Gasteiger partial charge in [-0.25, -0.2) is 0 Å². The molecule has 0 aliphatic heterocycles. The number of aromatic nitrogens is 3. The normalized spacial score (nSPS) is 10.6. The van der Waals surface area contributed by atoms with Crippen molar-refractivity contribution in [3.63, 3.8) is 0 Å². The number of benzene rings is 1. The molecule has 0 spiro atoms. The number of nitrogens with zero attached hydrogens (tertiary/aromatic N) is 4. The standard InChI is InChI=1S/C12H14ClN5O3/c13-9-2-3-12(18(20)21)11(6-9)14-7-10-8-17(16-15-10)4-1-5-19/h2-3,6,8,14,19H,1,4-5,7H2. The predicted molar refractivity (Wildman–Crippen MR) is 77.2 cm³/mol. The van der Waals surface area contributed by atoms with Crippen LogP contribution in [0, 0.1) is 10.1 Å². The zero-order valence-corrected chi connectivity index (χ0v) is 11.8. The minimum Gasteiger partial charge on any atom is -0.396 e. The van der Waals surface area contributed by atoms with E-state index in [-0.39, 0.29) is 12.3 Å². The monoisotopic (exact) mass is 311 g/mol. The number of hydrogen-bond donors (Lipinski definition) is 2. The van der Waals surface area contributed by atoms with Crippen molar-refractivity contribution in [3.8, 4) is 0 Å². The average molecular weight is 312 g/mol. The zero-order valence-electron chi connectivity index (χ0n) is 11.1. The number of aliphatic hydroxyl groups is 1. The molecule has 112 valence electrons. The molecule has 1 aromatic carbocycles. The molecule has 21 heavy (non-hydrogen) atoms. The van der Waals surface area contributed by atoms with E-state index in [0.29, 0.717) is 35.9 Å². The molecule has 0 bridgehead atoms. The summed E-state index contributed by atoms with van der Waals surface area (Å²) in [6.45, 7) is 0.948. The van der Waals surface area contributed by atoms with Crippen molar-refractivity contribution >= 4 is 23.0 Å². The summed E-state index contributed by atoms with van der Waals surface area (Å²) < 4.78 is 1.61. The van der Waals surface area contributed by atoms with Gasteiger partial charge in [0.05, 0.1) is 17.7 Å². The van der Waals surface area contributed by atoms with Crippen LogP contribution in [0.1, 0.15) is 12.1 Å². The first-order valence-corrected chi connectivity index (χ1v) is 6.65. The maximum Gasteiger partial charge on any atom is 0.292 e. The van der Waals surface area contributed by atoms with Crippen LogP contribution in [-0.4, -0.2) is 31.6 Å². The number of nitrogens with one attached hydrogen (secondary N) is 1. The van der Waals surface area contributed by atoms with Crippen LogP contribution in [0.15, 0.2) is 24.4 Å². The van der Waals surface area contributed by atoms with Crippen molar-refractivity contribution in [2.75, 3.05) is 11.9 Å². The molecule has 1 aromatic heterocycles. The van der Waals surface area contributed by atoms with E-state index in [9.17, 15) is 10.1 Å². The van der Waals surface area contributed by atoms with Gasteiger partial charge < -0.3 is 10.4 Å². The highest BCUT2D eigenvalue weighted by Crippen LogP contribution is 2.27. The van der Waals surface area contributed by atoms with Gasteiger partial charge in [-0.1, -0.05) is 16.8 Å². The van der Waals surface area contributed by atoms with E-state index in [0.717, 1.165) is 0 Å². The molecule has 2 rings (SSSR count). The van der Waals surface area contributed by atoms with Gasteiger partial charge in [0.25, 0.3) is 5.69 Å². The fraction of sp³-hybridized carbons (Fsp3) is 0.333. The Labute approximate surface area is 125 Å². The molecule has 8 nitrogen and oxygen atoms in total. The van der Waals surface area contributed by atoms with E-state index in [1.807, 2.05) is 0 Å². The zero-order chi connectivity index (χ0) is 15.2. The summed E-state index contributed by atoms with van der Waals surface area (Å²) in [5.41, 5.74) is 0.923. The summed E-state index contributed by atoms with van der Waals surface area (Å²) in [6.07, 6.45) is 2.31. The van der Waals surface area contributed by atoms with E-state index in [4.69, 9.17) is 16.7 Å². The molecule has 0 amide bonds. The smallest absolute Gasteiger partial charge is 0.292 e. The average Bonchev–Trinajstić information content (AvgIpc) is 2.90. The molecule has 0 unspecified atom stereocenters. The van der Waals surface area contributed by atoms with Crippen LogP contribution in [0.5, 0.6) is 0 Å². The molecule has 9 heteroatoms. The molecule has 0 saturated carbocycles. The van der Waals surface area contributed by atoms with Gasteiger partial charge in [-0.3, -0.25) is 14.8 Å². The molecule has 0 aliphatic carbocycles. The minimum absolute atomic E-state index is 0.0490. The maximum absolute atomic E-state index is 10.9. The van der Waals surface area contributed by atoms with Gasteiger partial charge in [-0.05, 0) is 18.6 Å². The first kappa shape index (κ1) is 15.2. The van der Waals surface area contributed by atoms with Gasteiger partial charge in [0.15, 0.2) is 0 Å². The Morgan fingerprint density at radius 3 is 3.00 bits per heavy atom. The topological polar surface area (TPSA) is 106 Å². The Bertz CT molecular complexity index is 631. The fourth-order valence-electron chi connectivity index (χ4n) is 1.76. The van der Waals surface area contributed by atoms with E-state index in [1.165, 1.54) is 18.2 Å². The van der Waals surface area contributed by atoms with Crippen LogP contribution < -0.4 is 5.32 Å². The lowest BCUT2D eigenvalue weighted by molar-refractivity contribution is -0.384. The molecule has 2 N–H and O–H groups in total. The molecule has 0 fully saturated rings. The van der Waals surface area contributed by atoms with Crippen LogP contribution in [-0.2, 0) is 13.1 Å². The molecule has 2 aromatic rings. The third-order valence-corrected chi connectivity index (χ3v) is 2.98. The molecular weight excluding hydrogens is 298 g/mol. The Kier molecular flexibility index (Phi) is 5.07. The molecule has 1 heterocycles. The number of aryl methyl sites for hydroxylation is 1. The highest BCUT2D eigenvalue weighted by atomic mass is 35.5. The molecular formula is C12H14ClN5O3. The summed E-state index contributed by atoms with van der Waals surface area (Å²) in [5.74, 6) is 0. The number of rotatable bonds is 7. The van der Waals surface area contributed by atoms with Crippen molar-refractivity contribution in [1.29, 1.82) is 0 Å². The van der Waals surface area contributed by atoms with Gasteiger partial charge in [0.1, 0.15) is 11.4 Å². The number of hydrogen-bond acceptors (Lipinski definition) is 6. The second kappa shape index (κ2) is 7.00. The van der Waals surface area contributed by atoms with Gasteiger partial charge in [0, 0.05) is 24.2 Å². The van der Waals surface area contributed by atoms with Gasteiger partial charge in [-0.2, -0.15) is 0 Å². The van der Waals surface area contributed by atoms with Gasteiger partial charge >= 0.3 is 0 Å². The van der Waals surface area contributed by atoms with E-state index in [1.54, 1.807) is 10.9 Å². The molecule has 0 saturated heterocycles. The summed E-state index contributed by atoms with van der Waals surface area (Å²) in [5, 5.41) is 30.9. The summed E-state index contributed by atoms with van der Waals surface area (Å²) in [6, 6.07) is 4.31. The van der Waals surface area contributed by atoms with E-state index < -0.39 is 4.92 Å². The second-order valence-electron chi connectivity index (χ2n) is 4.32. The van der Waals surface area contributed by atoms with Crippen molar-refractivity contribution in [2.24, 2.45) is 0 Å². The number of halogens is 1. The molecule has 0 radical (unpaired) electrons. The lowest BCUT2D eigenvalue weighted by Crippen LogP contribution is -2.03. The van der Waals surface area contributed by atoms with Gasteiger partial charge in [0.2, 0.25) is 0 Å². The predicted octanol–water partition coefficient (Wildman–Crippen LogP) is 1.83. The minimum atomic E-state index is -0.475. The number of anilines is 1. The van der Waals surface area contributed by atoms with Crippen molar-refractivity contribution < 1.29 is 10.0 Å². The Morgan fingerprint density at radius 1 is 1.48 bits per heavy atom. The van der Waals surface area contributed by atoms with Crippen LogP contribution in [0.2, 0.25) is 5.02 Å².